The van der Waals surface area contributed by atoms with Gasteiger partial charge in [0.25, 0.3) is 0 Å². The number of halogens is 7. The van der Waals surface area contributed by atoms with E-state index in [2.05, 4.69) is 5.32 Å². The predicted molar refractivity (Wildman–Crippen MR) is 139 cm³/mol. The molecule has 2 aromatic rings. The Kier molecular flexibility index (Phi) is 10.5. The smallest absolute Gasteiger partial charge is 0.416 e. The minimum atomic E-state index is -4.99. The van der Waals surface area contributed by atoms with E-state index in [-0.39, 0.29) is 36.6 Å². The van der Waals surface area contributed by atoms with E-state index in [0.717, 1.165) is 0 Å². The van der Waals surface area contributed by atoms with Crippen LogP contribution in [0.1, 0.15) is 61.8 Å². The summed E-state index contributed by atoms with van der Waals surface area (Å²) in [5.74, 6) is -1.75. The van der Waals surface area contributed by atoms with Crippen LogP contribution in [0.2, 0.25) is 0 Å². The van der Waals surface area contributed by atoms with Crippen LogP contribution in [0.3, 0.4) is 0 Å². The first-order chi connectivity index (χ1) is 19.4. The number of nitrogens with zero attached hydrogens (tertiary/aromatic N) is 1. The largest absolute Gasteiger partial charge is 0.444 e. The first-order valence-electron chi connectivity index (χ1n) is 13.3. The number of likely N-dealkylation sites (tertiary alicyclic amines) is 1. The maximum atomic E-state index is 13.5. The van der Waals surface area contributed by atoms with Crippen molar-refractivity contribution in [1.29, 1.82) is 0 Å². The highest BCUT2D eigenvalue weighted by Gasteiger charge is 2.37. The van der Waals surface area contributed by atoms with Crippen LogP contribution in [-0.2, 0) is 33.2 Å². The summed E-state index contributed by atoms with van der Waals surface area (Å²) in [6.07, 6.45) is -9.63. The Balaban J connectivity index is 1.63. The SMILES string of the molecule is CC(C)(C)OC(=O)N1CCC(C(=O)NCC(COCc2cc(C(F)(F)F)cc(C(F)(F)F)c2)c2ccc(F)cc2)CC1. The molecule has 0 radical (unpaired) electrons. The zero-order valence-electron chi connectivity index (χ0n) is 23.4. The van der Waals surface area contributed by atoms with E-state index in [0.29, 0.717) is 43.6 Å². The Morgan fingerprint density at radius 2 is 1.48 bits per heavy atom. The molecule has 1 aliphatic rings. The van der Waals surface area contributed by atoms with Gasteiger partial charge in [0.15, 0.2) is 0 Å². The second-order valence-corrected chi connectivity index (χ2v) is 11.2. The van der Waals surface area contributed by atoms with E-state index < -0.39 is 53.5 Å². The standard InChI is InChI=1S/C29H33F7N2O4/c1-27(2,3)42-26(40)38-10-8-20(9-11-38)25(39)37-15-21(19-4-6-24(30)7-5-19)17-41-16-18-12-22(28(31,32)33)14-23(13-18)29(34,35)36/h4-7,12-14,20-21H,8-11,15-17H2,1-3H3,(H,37,39). The molecule has 1 fully saturated rings. The minimum absolute atomic E-state index is 0.0210. The summed E-state index contributed by atoms with van der Waals surface area (Å²) in [5.41, 5.74) is -3.32. The maximum Gasteiger partial charge on any atom is 0.416 e. The van der Waals surface area contributed by atoms with E-state index >= 15 is 0 Å². The van der Waals surface area contributed by atoms with Gasteiger partial charge in [0, 0.05) is 31.5 Å². The van der Waals surface area contributed by atoms with E-state index in [1.807, 2.05) is 0 Å². The van der Waals surface area contributed by atoms with Crippen LogP contribution in [0.25, 0.3) is 0 Å². The van der Waals surface area contributed by atoms with Crippen LogP contribution in [0.15, 0.2) is 42.5 Å². The van der Waals surface area contributed by atoms with Crippen LogP contribution < -0.4 is 5.32 Å². The van der Waals surface area contributed by atoms with E-state index in [1.54, 1.807) is 20.8 Å². The van der Waals surface area contributed by atoms with Gasteiger partial charge in [0.1, 0.15) is 11.4 Å². The van der Waals surface area contributed by atoms with Gasteiger partial charge in [-0.25, -0.2) is 9.18 Å². The van der Waals surface area contributed by atoms with Gasteiger partial charge in [-0.2, -0.15) is 26.3 Å². The molecule has 1 unspecified atom stereocenters. The van der Waals surface area contributed by atoms with Crippen LogP contribution in [0, 0.1) is 11.7 Å². The molecule has 13 heteroatoms. The number of benzene rings is 2. The van der Waals surface area contributed by atoms with Gasteiger partial charge < -0.3 is 19.7 Å². The average Bonchev–Trinajstić information content (AvgIpc) is 2.89. The first kappa shape index (κ1) is 33.2. The summed E-state index contributed by atoms with van der Waals surface area (Å²) >= 11 is 0. The highest BCUT2D eigenvalue weighted by molar-refractivity contribution is 5.79. The topological polar surface area (TPSA) is 67.9 Å². The number of nitrogens with one attached hydrogen (secondary N) is 1. The van der Waals surface area contributed by atoms with E-state index in [1.165, 1.54) is 29.2 Å². The molecular formula is C29H33F7N2O4. The molecule has 3 rings (SSSR count). The number of hydrogen-bond donors (Lipinski definition) is 1. The highest BCUT2D eigenvalue weighted by atomic mass is 19.4. The molecule has 0 aliphatic carbocycles. The summed E-state index contributed by atoms with van der Waals surface area (Å²) in [6.45, 7) is 5.21. The third-order valence-corrected chi connectivity index (χ3v) is 6.62. The molecule has 1 N–H and O–H groups in total. The van der Waals surface area contributed by atoms with Crippen molar-refractivity contribution in [3.63, 3.8) is 0 Å². The predicted octanol–water partition coefficient (Wildman–Crippen LogP) is 6.93. The molecule has 0 bridgehead atoms. The number of hydrogen-bond acceptors (Lipinski definition) is 4. The third-order valence-electron chi connectivity index (χ3n) is 6.62. The van der Waals surface area contributed by atoms with Crippen LogP contribution >= 0.6 is 0 Å². The number of piperidine rings is 1. The van der Waals surface area contributed by atoms with Gasteiger partial charge in [0.05, 0.1) is 24.3 Å². The normalized spacial score (nSPS) is 15.8. The minimum Gasteiger partial charge on any atom is -0.444 e. The van der Waals surface area contributed by atoms with Crippen molar-refractivity contribution in [3.8, 4) is 0 Å². The fourth-order valence-electron chi connectivity index (χ4n) is 4.45. The van der Waals surface area contributed by atoms with Gasteiger partial charge in [-0.1, -0.05) is 12.1 Å². The Morgan fingerprint density at radius 3 is 1.98 bits per heavy atom. The van der Waals surface area contributed by atoms with Crippen molar-refractivity contribution in [2.75, 3.05) is 26.2 Å². The second-order valence-electron chi connectivity index (χ2n) is 11.2. The second kappa shape index (κ2) is 13.3. The molecule has 0 aromatic heterocycles. The number of ether oxygens (including phenoxy) is 2. The summed E-state index contributed by atoms with van der Waals surface area (Å²) in [6, 6.07) is 6.53. The van der Waals surface area contributed by atoms with Gasteiger partial charge in [0.2, 0.25) is 5.91 Å². The molecular weight excluding hydrogens is 573 g/mol. The van der Waals surface area contributed by atoms with Crippen molar-refractivity contribution in [3.05, 3.63) is 70.5 Å². The number of carbonyl (C=O) groups is 2. The van der Waals surface area contributed by atoms with Crippen molar-refractivity contribution in [1.82, 2.24) is 10.2 Å². The Hall–Kier alpha value is -3.35. The van der Waals surface area contributed by atoms with Crippen molar-refractivity contribution in [2.24, 2.45) is 5.92 Å². The zero-order valence-corrected chi connectivity index (χ0v) is 23.4. The first-order valence-corrected chi connectivity index (χ1v) is 13.3. The lowest BCUT2D eigenvalue weighted by Crippen LogP contribution is -2.45. The molecule has 2 amide bonds. The molecule has 1 heterocycles. The van der Waals surface area contributed by atoms with Crippen molar-refractivity contribution < 1.29 is 49.8 Å². The van der Waals surface area contributed by atoms with E-state index in [9.17, 15) is 40.3 Å². The van der Waals surface area contributed by atoms with Gasteiger partial charge >= 0.3 is 18.4 Å². The summed E-state index contributed by atoms with van der Waals surface area (Å²) in [5, 5.41) is 2.81. The lowest BCUT2D eigenvalue weighted by atomic mass is 9.95. The Morgan fingerprint density at radius 1 is 0.929 bits per heavy atom. The molecule has 1 saturated heterocycles. The number of alkyl halides is 6. The Labute approximate surface area is 239 Å². The quantitative estimate of drug-likeness (QED) is 0.331. The zero-order chi connectivity index (χ0) is 31.3. The molecule has 1 atom stereocenters. The van der Waals surface area contributed by atoms with Crippen LogP contribution in [0.4, 0.5) is 35.5 Å². The van der Waals surface area contributed by atoms with Crippen molar-refractivity contribution >= 4 is 12.0 Å². The molecule has 6 nitrogen and oxygen atoms in total. The monoisotopic (exact) mass is 606 g/mol. The third kappa shape index (κ3) is 9.88. The lowest BCUT2D eigenvalue weighted by Gasteiger charge is -2.33. The fourth-order valence-corrected chi connectivity index (χ4v) is 4.45. The number of rotatable bonds is 8. The van der Waals surface area contributed by atoms with E-state index in [4.69, 9.17) is 9.47 Å². The summed E-state index contributed by atoms with van der Waals surface area (Å²) in [4.78, 5) is 26.7. The van der Waals surface area contributed by atoms with Gasteiger partial charge in [-0.05, 0) is 75.1 Å². The summed E-state index contributed by atoms with van der Waals surface area (Å²) < 4.78 is 104. The number of carbonyl (C=O) groups excluding carboxylic acids is 2. The molecule has 232 valence electrons. The maximum absolute atomic E-state index is 13.5. The van der Waals surface area contributed by atoms with Crippen LogP contribution in [-0.4, -0.2) is 48.7 Å². The van der Waals surface area contributed by atoms with Crippen LogP contribution in [0.5, 0.6) is 0 Å². The molecule has 42 heavy (non-hydrogen) atoms. The molecule has 1 aliphatic heterocycles. The summed E-state index contributed by atoms with van der Waals surface area (Å²) in [7, 11) is 0. The number of amides is 2. The molecule has 2 aromatic carbocycles. The van der Waals surface area contributed by atoms with Crippen molar-refractivity contribution in [2.45, 2.75) is 64.1 Å². The Bertz CT molecular complexity index is 1180. The fraction of sp³-hybridized carbons (Fsp3) is 0.517. The molecule has 0 spiro atoms. The average molecular weight is 607 g/mol. The highest BCUT2D eigenvalue weighted by Crippen LogP contribution is 2.36. The van der Waals surface area contributed by atoms with Gasteiger partial charge in [-0.15, -0.1) is 0 Å². The lowest BCUT2D eigenvalue weighted by molar-refractivity contribution is -0.143. The van der Waals surface area contributed by atoms with Gasteiger partial charge in [-0.3, -0.25) is 4.79 Å². The molecule has 0 saturated carbocycles.